The summed E-state index contributed by atoms with van der Waals surface area (Å²) in [6.45, 7) is 8.07. The van der Waals surface area contributed by atoms with Crippen LogP contribution in [0.15, 0.2) is 24.3 Å². The van der Waals surface area contributed by atoms with Gasteiger partial charge in [-0.3, -0.25) is 4.79 Å². The number of carboxylic acid groups (broad SMARTS) is 1. The van der Waals surface area contributed by atoms with Crippen LogP contribution in [-0.2, 0) is 14.3 Å². The lowest BCUT2D eigenvalue weighted by molar-refractivity contribution is -0.139. The minimum atomic E-state index is -1.00. The second kappa shape index (κ2) is 11.6. The van der Waals surface area contributed by atoms with Crippen LogP contribution in [0.2, 0.25) is 0 Å². The van der Waals surface area contributed by atoms with Gasteiger partial charge in [-0.25, -0.2) is 9.59 Å². The molecule has 0 spiro atoms. The van der Waals surface area contributed by atoms with E-state index in [1.807, 2.05) is 43.9 Å². The number of piperidine rings is 2. The van der Waals surface area contributed by atoms with Crippen molar-refractivity contribution < 1.29 is 29.0 Å². The molecule has 2 fully saturated rings. The molecule has 0 bridgehead atoms. The summed E-state index contributed by atoms with van der Waals surface area (Å²) in [7, 11) is 0. The number of carboxylic acids is 1. The van der Waals surface area contributed by atoms with Crippen molar-refractivity contribution in [3.63, 3.8) is 0 Å². The highest BCUT2D eigenvalue weighted by Gasteiger charge is 2.29. The third-order valence-corrected chi connectivity index (χ3v) is 6.50. The van der Waals surface area contributed by atoms with Crippen molar-refractivity contribution >= 4 is 18.0 Å². The maximum absolute atomic E-state index is 12.9. The van der Waals surface area contributed by atoms with Crippen molar-refractivity contribution in [3.05, 3.63) is 29.8 Å². The van der Waals surface area contributed by atoms with Crippen LogP contribution in [0.5, 0.6) is 5.75 Å². The molecular weight excluding hydrogens is 436 g/mol. The smallest absolute Gasteiger partial charge is 0.410 e. The number of likely N-dealkylation sites (tertiary alicyclic amines) is 2. The van der Waals surface area contributed by atoms with Gasteiger partial charge in [-0.05, 0) is 76.5 Å². The predicted molar refractivity (Wildman–Crippen MR) is 128 cm³/mol. The Balaban J connectivity index is 1.44. The van der Waals surface area contributed by atoms with Crippen LogP contribution in [0.4, 0.5) is 4.79 Å². The van der Waals surface area contributed by atoms with Gasteiger partial charge in [0.25, 0.3) is 0 Å². The molecule has 2 saturated heterocycles. The van der Waals surface area contributed by atoms with E-state index in [9.17, 15) is 14.4 Å². The van der Waals surface area contributed by atoms with Gasteiger partial charge in [0, 0.05) is 38.5 Å². The maximum atomic E-state index is 12.9. The minimum Gasteiger partial charge on any atom is -0.482 e. The molecule has 34 heavy (non-hydrogen) atoms. The molecule has 2 heterocycles. The number of amides is 2. The van der Waals surface area contributed by atoms with E-state index in [-0.39, 0.29) is 24.5 Å². The molecule has 2 amide bonds. The molecule has 2 aliphatic heterocycles. The molecule has 0 radical (unpaired) electrons. The molecule has 1 aromatic rings. The molecule has 0 aromatic heterocycles. The van der Waals surface area contributed by atoms with E-state index in [0.29, 0.717) is 37.7 Å². The predicted octanol–water partition coefficient (Wildman–Crippen LogP) is 4.28. The molecule has 8 nitrogen and oxygen atoms in total. The van der Waals surface area contributed by atoms with Gasteiger partial charge in [0.1, 0.15) is 11.4 Å². The van der Waals surface area contributed by atoms with Crippen molar-refractivity contribution in [2.75, 3.05) is 32.8 Å². The van der Waals surface area contributed by atoms with Gasteiger partial charge in [-0.2, -0.15) is 0 Å². The molecule has 1 atom stereocenters. The zero-order valence-electron chi connectivity index (χ0n) is 20.6. The normalized spacial score (nSPS) is 19.6. The van der Waals surface area contributed by atoms with Crippen LogP contribution in [0.3, 0.4) is 0 Å². The van der Waals surface area contributed by atoms with E-state index in [1.165, 1.54) is 0 Å². The van der Waals surface area contributed by atoms with Crippen molar-refractivity contribution in [3.8, 4) is 5.75 Å². The Labute approximate surface area is 202 Å². The van der Waals surface area contributed by atoms with Crippen LogP contribution >= 0.6 is 0 Å². The molecule has 2 aliphatic rings. The fourth-order valence-corrected chi connectivity index (χ4v) is 4.70. The van der Waals surface area contributed by atoms with E-state index >= 15 is 0 Å². The van der Waals surface area contributed by atoms with E-state index in [0.717, 1.165) is 44.2 Å². The number of carbonyl (C=O) groups excluding carboxylic acids is 2. The summed E-state index contributed by atoms with van der Waals surface area (Å²) in [5.74, 6) is 0.406. The average Bonchev–Trinajstić information content (AvgIpc) is 2.80. The Morgan fingerprint density at radius 3 is 2.47 bits per heavy atom. The summed E-state index contributed by atoms with van der Waals surface area (Å²) in [5.41, 5.74) is 0.592. The number of aliphatic carboxylic acids is 1. The highest BCUT2D eigenvalue weighted by Crippen LogP contribution is 2.30. The first-order valence-electron chi connectivity index (χ1n) is 12.3. The molecule has 0 saturated carbocycles. The van der Waals surface area contributed by atoms with Gasteiger partial charge in [-0.15, -0.1) is 0 Å². The zero-order valence-corrected chi connectivity index (χ0v) is 20.6. The molecule has 1 unspecified atom stereocenters. The third kappa shape index (κ3) is 7.92. The summed E-state index contributed by atoms with van der Waals surface area (Å²) in [5, 5.41) is 8.82. The van der Waals surface area contributed by atoms with E-state index < -0.39 is 11.6 Å². The Hall–Kier alpha value is -2.77. The van der Waals surface area contributed by atoms with Gasteiger partial charge in [0.05, 0.1) is 0 Å². The fourth-order valence-electron chi connectivity index (χ4n) is 4.70. The third-order valence-electron chi connectivity index (χ3n) is 6.50. The minimum absolute atomic E-state index is 0.192. The standard InChI is InChI=1S/C26H38N2O6/c1-26(2,3)34-25(32)27-14-11-19(12-15-27)9-10-23(29)28-13-5-7-21(17-28)20-6-4-8-22(16-20)33-18-24(30)31/h4,6,8,16,19,21H,5,7,9-15,17-18H2,1-3H3,(H,30,31). The van der Waals surface area contributed by atoms with Crippen LogP contribution in [0, 0.1) is 5.92 Å². The summed E-state index contributed by atoms with van der Waals surface area (Å²) < 4.78 is 10.8. The van der Waals surface area contributed by atoms with Gasteiger partial charge >= 0.3 is 12.1 Å². The highest BCUT2D eigenvalue weighted by atomic mass is 16.6. The summed E-state index contributed by atoms with van der Waals surface area (Å²) >= 11 is 0. The maximum Gasteiger partial charge on any atom is 0.410 e. The highest BCUT2D eigenvalue weighted by molar-refractivity contribution is 5.76. The van der Waals surface area contributed by atoms with Gasteiger partial charge in [-0.1, -0.05) is 12.1 Å². The molecular formula is C26H38N2O6. The summed E-state index contributed by atoms with van der Waals surface area (Å²) in [6, 6.07) is 7.54. The lowest BCUT2D eigenvalue weighted by Crippen LogP contribution is -2.42. The number of hydrogen-bond donors (Lipinski definition) is 1. The molecule has 1 aromatic carbocycles. The Kier molecular flexibility index (Phi) is 8.80. The average molecular weight is 475 g/mol. The number of carbonyl (C=O) groups is 3. The SMILES string of the molecule is CC(C)(C)OC(=O)N1CCC(CCC(=O)N2CCCC(c3cccc(OCC(=O)O)c3)C2)CC1. The number of hydrogen-bond acceptors (Lipinski definition) is 5. The zero-order chi connectivity index (χ0) is 24.7. The van der Waals surface area contributed by atoms with Gasteiger partial charge in [0.2, 0.25) is 5.91 Å². The van der Waals surface area contributed by atoms with Gasteiger partial charge in [0.15, 0.2) is 6.61 Å². The fraction of sp³-hybridized carbons (Fsp3) is 0.654. The van der Waals surface area contributed by atoms with Gasteiger partial charge < -0.3 is 24.4 Å². The topological polar surface area (TPSA) is 96.4 Å². The largest absolute Gasteiger partial charge is 0.482 e. The number of benzene rings is 1. The van der Waals surface area contributed by atoms with Crippen LogP contribution in [0.1, 0.15) is 70.8 Å². The number of rotatable bonds is 7. The van der Waals surface area contributed by atoms with Crippen molar-refractivity contribution in [2.45, 2.75) is 70.8 Å². The Bertz CT molecular complexity index is 857. The van der Waals surface area contributed by atoms with E-state index in [1.54, 1.807) is 11.0 Å². The number of nitrogens with zero attached hydrogens (tertiary/aromatic N) is 2. The van der Waals surface area contributed by atoms with Crippen LogP contribution < -0.4 is 4.74 Å². The second-order valence-corrected chi connectivity index (χ2v) is 10.4. The molecule has 3 rings (SSSR count). The molecule has 8 heteroatoms. The van der Waals surface area contributed by atoms with Crippen LogP contribution in [-0.4, -0.2) is 71.3 Å². The van der Waals surface area contributed by atoms with Crippen LogP contribution in [0.25, 0.3) is 0 Å². The first kappa shape index (κ1) is 25.8. The molecule has 1 N–H and O–H groups in total. The summed E-state index contributed by atoms with van der Waals surface area (Å²) in [6.07, 6.45) is 4.88. The first-order valence-corrected chi connectivity index (χ1v) is 12.3. The monoisotopic (exact) mass is 474 g/mol. The molecule has 188 valence electrons. The van der Waals surface area contributed by atoms with Crippen molar-refractivity contribution in [2.24, 2.45) is 5.92 Å². The van der Waals surface area contributed by atoms with E-state index in [4.69, 9.17) is 14.6 Å². The Morgan fingerprint density at radius 2 is 1.79 bits per heavy atom. The van der Waals surface area contributed by atoms with Crippen molar-refractivity contribution in [1.29, 1.82) is 0 Å². The van der Waals surface area contributed by atoms with E-state index in [2.05, 4.69) is 0 Å². The quantitative estimate of drug-likeness (QED) is 0.634. The number of ether oxygens (including phenoxy) is 2. The first-order chi connectivity index (χ1) is 16.1. The Morgan fingerprint density at radius 1 is 1.06 bits per heavy atom. The summed E-state index contributed by atoms with van der Waals surface area (Å²) in [4.78, 5) is 39.7. The lowest BCUT2D eigenvalue weighted by Gasteiger charge is -2.35. The second-order valence-electron chi connectivity index (χ2n) is 10.4. The van der Waals surface area contributed by atoms with Crippen molar-refractivity contribution in [1.82, 2.24) is 9.80 Å². The lowest BCUT2D eigenvalue weighted by atomic mass is 9.89. The molecule has 0 aliphatic carbocycles.